The quantitative estimate of drug-likeness (QED) is 0.645. The Morgan fingerprint density at radius 2 is 1.37 bits per heavy atom. The predicted octanol–water partition coefficient (Wildman–Crippen LogP) is 4.67. The summed E-state index contributed by atoms with van der Waals surface area (Å²) in [7, 11) is 2.40. The Bertz CT molecular complexity index is 772. The lowest BCUT2D eigenvalue weighted by molar-refractivity contribution is 0.0591. The Hall–Kier alpha value is -2.68. The van der Waals surface area contributed by atoms with Gasteiger partial charge in [-0.05, 0) is 46.3 Å². The lowest BCUT2D eigenvalue weighted by atomic mass is 10.2. The molecule has 6 nitrogen and oxygen atoms in total. The second kappa shape index (κ2) is 11.8. The standard InChI is InChI=1S/C8H6BrFO3.C8H7FO3.2CH4/c1-13-8(12)4-2-5(9)7(11)6(10)3-4;1-12-8(11)5-2-3-7(10)6(9)4-5;;/h2-3,11H,1H3;2-4,10H,1H3;2*1H4. The van der Waals surface area contributed by atoms with Crippen molar-refractivity contribution in [2.75, 3.05) is 14.2 Å². The van der Waals surface area contributed by atoms with Crippen molar-refractivity contribution in [1.29, 1.82) is 0 Å². The van der Waals surface area contributed by atoms with Crippen molar-refractivity contribution in [3.05, 3.63) is 57.6 Å². The van der Waals surface area contributed by atoms with E-state index in [1.807, 2.05) is 0 Å². The van der Waals surface area contributed by atoms with Crippen LogP contribution in [0.5, 0.6) is 11.5 Å². The molecule has 2 aromatic carbocycles. The molecule has 0 radical (unpaired) electrons. The highest BCUT2D eigenvalue weighted by Crippen LogP contribution is 2.28. The molecule has 0 fully saturated rings. The summed E-state index contributed by atoms with van der Waals surface area (Å²) in [6.45, 7) is 0. The highest BCUT2D eigenvalue weighted by atomic mass is 79.9. The topological polar surface area (TPSA) is 93.1 Å². The number of phenolic OH excluding ortho intramolecular Hbond substituents is 2. The molecule has 0 amide bonds. The fourth-order valence-electron chi connectivity index (χ4n) is 1.55. The minimum absolute atomic E-state index is 0. The van der Waals surface area contributed by atoms with Crippen LogP contribution in [0.15, 0.2) is 34.8 Å². The number of hydrogen-bond acceptors (Lipinski definition) is 6. The van der Waals surface area contributed by atoms with Gasteiger partial charge in [-0.1, -0.05) is 14.9 Å². The number of aromatic hydroxyl groups is 2. The fraction of sp³-hybridized carbons (Fsp3) is 0.222. The highest BCUT2D eigenvalue weighted by molar-refractivity contribution is 9.10. The Morgan fingerprint density at radius 3 is 1.81 bits per heavy atom. The summed E-state index contributed by atoms with van der Waals surface area (Å²) in [5, 5.41) is 17.8. The molecule has 0 atom stereocenters. The zero-order valence-corrected chi connectivity index (χ0v) is 14.6. The molecule has 0 unspecified atom stereocenters. The molecule has 2 rings (SSSR count). The number of methoxy groups -OCH3 is 2. The molecular formula is C18H21BrF2O6. The Morgan fingerprint density at radius 1 is 0.889 bits per heavy atom. The van der Waals surface area contributed by atoms with E-state index in [2.05, 4.69) is 25.4 Å². The first-order valence-electron chi connectivity index (χ1n) is 6.54. The number of phenols is 2. The van der Waals surface area contributed by atoms with Gasteiger partial charge in [0.15, 0.2) is 23.1 Å². The molecule has 0 saturated heterocycles. The molecule has 150 valence electrons. The monoisotopic (exact) mass is 450 g/mol. The van der Waals surface area contributed by atoms with Crippen molar-refractivity contribution < 1.29 is 38.1 Å². The van der Waals surface area contributed by atoms with Crippen LogP contribution in [0.4, 0.5) is 8.78 Å². The summed E-state index contributed by atoms with van der Waals surface area (Å²) < 4.78 is 34.3. The number of esters is 2. The molecule has 2 N–H and O–H groups in total. The first-order chi connectivity index (χ1) is 11.7. The number of halogens is 3. The maximum atomic E-state index is 12.8. The molecule has 9 heteroatoms. The van der Waals surface area contributed by atoms with Gasteiger partial charge in [0.05, 0.1) is 29.8 Å². The van der Waals surface area contributed by atoms with Gasteiger partial charge in [-0.15, -0.1) is 0 Å². The van der Waals surface area contributed by atoms with Crippen LogP contribution >= 0.6 is 15.9 Å². The Kier molecular flexibility index (Phi) is 11.6. The number of rotatable bonds is 2. The zero-order valence-electron chi connectivity index (χ0n) is 13.0. The smallest absolute Gasteiger partial charge is 0.337 e. The van der Waals surface area contributed by atoms with E-state index in [4.69, 9.17) is 10.2 Å². The van der Waals surface area contributed by atoms with Gasteiger partial charge in [-0.3, -0.25) is 0 Å². The van der Waals surface area contributed by atoms with Gasteiger partial charge >= 0.3 is 11.9 Å². The predicted molar refractivity (Wildman–Crippen MR) is 100.0 cm³/mol. The van der Waals surface area contributed by atoms with Gasteiger partial charge < -0.3 is 19.7 Å². The third-order valence-corrected chi connectivity index (χ3v) is 3.41. The van der Waals surface area contributed by atoms with E-state index in [9.17, 15) is 18.4 Å². The number of carbonyl (C=O) groups is 2. The number of ether oxygens (including phenoxy) is 2. The normalized spacial score (nSPS) is 8.93. The molecule has 0 aliphatic carbocycles. The van der Waals surface area contributed by atoms with E-state index in [0.29, 0.717) is 0 Å². The van der Waals surface area contributed by atoms with Gasteiger partial charge in [0.1, 0.15) is 0 Å². The summed E-state index contributed by atoms with van der Waals surface area (Å²) in [6, 6.07) is 5.49. The van der Waals surface area contributed by atoms with Crippen LogP contribution in [0.3, 0.4) is 0 Å². The third-order valence-electron chi connectivity index (χ3n) is 2.81. The van der Waals surface area contributed by atoms with Crippen molar-refractivity contribution in [3.63, 3.8) is 0 Å². The highest BCUT2D eigenvalue weighted by Gasteiger charge is 2.12. The van der Waals surface area contributed by atoms with Gasteiger partial charge in [-0.2, -0.15) is 0 Å². The van der Waals surface area contributed by atoms with E-state index in [-0.39, 0.29) is 30.5 Å². The van der Waals surface area contributed by atoms with Crippen LogP contribution in [-0.2, 0) is 9.47 Å². The van der Waals surface area contributed by atoms with Crippen LogP contribution in [0.1, 0.15) is 35.6 Å². The summed E-state index contributed by atoms with van der Waals surface area (Å²) in [4.78, 5) is 21.7. The SMILES string of the molecule is C.C.COC(=O)c1cc(F)c(O)c(Br)c1.COC(=O)c1ccc(O)c(F)c1. The van der Waals surface area contributed by atoms with Crippen molar-refractivity contribution in [1.82, 2.24) is 0 Å². The summed E-state index contributed by atoms with van der Waals surface area (Å²) in [6.07, 6.45) is 0. The van der Waals surface area contributed by atoms with Crippen LogP contribution in [-0.4, -0.2) is 36.4 Å². The summed E-state index contributed by atoms with van der Waals surface area (Å²) in [5.41, 5.74) is 0.123. The first-order valence-corrected chi connectivity index (χ1v) is 7.33. The van der Waals surface area contributed by atoms with Gasteiger partial charge in [0.2, 0.25) is 0 Å². The largest absolute Gasteiger partial charge is 0.505 e. The van der Waals surface area contributed by atoms with E-state index >= 15 is 0 Å². The molecule has 27 heavy (non-hydrogen) atoms. The summed E-state index contributed by atoms with van der Waals surface area (Å²) >= 11 is 2.90. The molecule has 0 aliphatic rings. The number of benzene rings is 2. The van der Waals surface area contributed by atoms with Crippen LogP contribution in [0.25, 0.3) is 0 Å². The van der Waals surface area contributed by atoms with E-state index in [0.717, 1.165) is 18.2 Å². The fourth-order valence-corrected chi connectivity index (χ4v) is 1.99. The van der Waals surface area contributed by atoms with Crippen molar-refractivity contribution >= 4 is 27.9 Å². The maximum Gasteiger partial charge on any atom is 0.337 e. The van der Waals surface area contributed by atoms with Crippen molar-refractivity contribution in [3.8, 4) is 11.5 Å². The van der Waals surface area contributed by atoms with Crippen LogP contribution < -0.4 is 0 Å². The van der Waals surface area contributed by atoms with Crippen LogP contribution in [0, 0.1) is 11.6 Å². The second-order valence-corrected chi connectivity index (χ2v) is 5.29. The average Bonchev–Trinajstić information content (AvgIpc) is 2.60. The molecule has 0 aromatic heterocycles. The van der Waals surface area contributed by atoms with Crippen molar-refractivity contribution in [2.24, 2.45) is 0 Å². The van der Waals surface area contributed by atoms with E-state index in [1.165, 1.54) is 26.4 Å². The van der Waals surface area contributed by atoms with Gasteiger partial charge in [0.25, 0.3) is 0 Å². The molecule has 0 bridgehead atoms. The zero-order chi connectivity index (χ0) is 19.1. The molecule has 0 aliphatic heterocycles. The van der Waals surface area contributed by atoms with E-state index < -0.39 is 35.1 Å². The Balaban J connectivity index is 0. The molecule has 0 saturated carbocycles. The molecular weight excluding hydrogens is 430 g/mol. The lowest BCUT2D eigenvalue weighted by Gasteiger charge is -2.02. The minimum atomic E-state index is -0.866. The van der Waals surface area contributed by atoms with Gasteiger partial charge in [-0.25, -0.2) is 18.4 Å². The number of carbonyl (C=O) groups excluding carboxylic acids is 2. The molecule has 2 aromatic rings. The van der Waals surface area contributed by atoms with E-state index in [1.54, 1.807) is 0 Å². The molecule has 0 heterocycles. The third kappa shape index (κ3) is 7.22. The maximum absolute atomic E-state index is 12.8. The van der Waals surface area contributed by atoms with Gasteiger partial charge in [0, 0.05) is 0 Å². The van der Waals surface area contributed by atoms with Crippen LogP contribution in [0.2, 0.25) is 0 Å². The van der Waals surface area contributed by atoms with Crippen molar-refractivity contribution in [2.45, 2.75) is 14.9 Å². The average molecular weight is 451 g/mol. The lowest BCUT2D eigenvalue weighted by Crippen LogP contribution is -2.01. The minimum Gasteiger partial charge on any atom is -0.505 e. The second-order valence-electron chi connectivity index (χ2n) is 4.44. The Labute approximate surface area is 164 Å². The summed E-state index contributed by atoms with van der Waals surface area (Å²) in [5.74, 6) is -3.99. The molecule has 0 spiro atoms. The first kappa shape index (κ1) is 26.5. The number of hydrogen-bond donors (Lipinski definition) is 2.